The summed E-state index contributed by atoms with van der Waals surface area (Å²) in [6, 6.07) is 9.42. The molecule has 2 rings (SSSR count). The van der Waals surface area contributed by atoms with Gasteiger partial charge in [0.1, 0.15) is 23.4 Å². The average molecular weight is 260 g/mol. The number of ether oxygens (including phenoxy) is 1. The van der Waals surface area contributed by atoms with Crippen LogP contribution in [0.4, 0.5) is 0 Å². The molecule has 19 heavy (non-hydrogen) atoms. The largest absolute Gasteiger partial charge is 0.491 e. The van der Waals surface area contributed by atoms with Gasteiger partial charge in [-0.2, -0.15) is 0 Å². The fourth-order valence-corrected chi connectivity index (χ4v) is 2.16. The number of hydrogen-bond acceptors (Lipinski definition) is 3. The number of furan rings is 1. The van der Waals surface area contributed by atoms with E-state index in [1.807, 2.05) is 58.0 Å². The minimum absolute atomic E-state index is 0.0699. The molecule has 0 radical (unpaired) electrons. The summed E-state index contributed by atoms with van der Waals surface area (Å²) >= 11 is 0. The molecule has 1 atom stereocenters. The van der Waals surface area contributed by atoms with E-state index in [1.165, 1.54) is 0 Å². The van der Waals surface area contributed by atoms with Crippen molar-refractivity contribution in [3.63, 3.8) is 0 Å². The molecular weight excluding hydrogens is 240 g/mol. The van der Waals surface area contributed by atoms with Crippen LogP contribution in [-0.2, 0) is 0 Å². The Morgan fingerprint density at radius 1 is 1.11 bits per heavy atom. The summed E-state index contributed by atoms with van der Waals surface area (Å²) in [6.45, 7) is 7.67. The molecule has 2 aromatic rings. The lowest BCUT2D eigenvalue weighted by Gasteiger charge is -2.17. The molecule has 0 amide bonds. The SMILES string of the molecule is Cc1cc(C(O)c2ccccc2OC(C)C)c(C)o1. The van der Waals surface area contributed by atoms with Crippen LogP contribution in [0.1, 0.15) is 42.6 Å². The van der Waals surface area contributed by atoms with Gasteiger partial charge < -0.3 is 14.3 Å². The Kier molecular flexibility index (Phi) is 3.96. The van der Waals surface area contributed by atoms with Crippen LogP contribution in [0.2, 0.25) is 0 Å². The van der Waals surface area contributed by atoms with Gasteiger partial charge >= 0.3 is 0 Å². The molecular formula is C16H20O3. The van der Waals surface area contributed by atoms with Crippen molar-refractivity contribution in [3.05, 3.63) is 53.0 Å². The Balaban J connectivity index is 2.38. The van der Waals surface area contributed by atoms with E-state index in [-0.39, 0.29) is 6.10 Å². The van der Waals surface area contributed by atoms with Crippen LogP contribution in [0.25, 0.3) is 0 Å². The fraction of sp³-hybridized carbons (Fsp3) is 0.375. The molecule has 0 spiro atoms. The Hall–Kier alpha value is -1.74. The number of aryl methyl sites for hydroxylation is 2. The molecule has 1 N–H and O–H groups in total. The zero-order valence-electron chi connectivity index (χ0n) is 11.8. The summed E-state index contributed by atoms with van der Waals surface area (Å²) in [7, 11) is 0. The first-order valence-electron chi connectivity index (χ1n) is 6.49. The highest BCUT2D eigenvalue weighted by molar-refractivity contribution is 5.41. The molecule has 0 bridgehead atoms. The van der Waals surface area contributed by atoms with Crippen molar-refractivity contribution in [1.82, 2.24) is 0 Å². The van der Waals surface area contributed by atoms with E-state index in [4.69, 9.17) is 9.15 Å². The number of aliphatic hydroxyl groups is 1. The first-order chi connectivity index (χ1) is 8.99. The number of hydrogen-bond donors (Lipinski definition) is 1. The van der Waals surface area contributed by atoms with Gasteiger partial charge in [0.15, 0.2) is 0 Å². The second kappa shape index (κ2) is 5.49. The number of para-hydroxylation sites is 1. The van der Waals surface area contributed by atoms with Crippen molar-refractivity contribution in [2.24, 2.45) is 0 Å². The summed E-state index contributed by atoms with van der Waals surface area (Å²) in [5.74, 6) is 2.25. The average Bonchev–Trinajstić information content (AvgIpc) is 2.67. The van der Waals surface area contributed by atoms with Crippen molar-refractivity contribution in [3.8, 4) is 5.75 Å². The van der Waals surface area contributed by atoms with E-state index in [0.717, 1.165) is 22.6 Å². The van der Waals surface area contributed by atoms with Crippen molar-refractivity contribution >= 4 is 0 Å². The lowest BCUT2D eigenvalue weighted by atomic mass is 10.0. The quantitative estimate of drug-likeness (QED) is 0.910. The van der Waals surface area contributed by atoms with Crippen LogP contribution in [0.15, 0.2) is 34.7 Å². The van der Waals surface area contributed by atoms with E-state index in [9.17, 15) is 5.11 Å². The second-order valence-corrected chi connectivity index (χ2v) is 4.98. The molecule has 3 nitrogen and oxygen atoms in total. The van der Waals surface area contributed by atoms with Gasteiger partial charge in [0, 0.05) is 11.1 Å². The number of benzene rings is 1. The minimum atomic E-state index is -0.729. The maximum absolute atomic E-state index is 10.5. The molecule has 1 unspecified atom stereocenters. The summed E-state index contributed by atoms with van der Waals surface area (Å²) in [4.78, 5) is 0. The van der Waals surface area contributed by atoms with Crippen molar-refractivity contribution in [1.29, 1.82) is 0 Å². The van der Waals surface area contributed by atoms with E-state index in [1.54, 1.807) is 0 Å². The lowest BCUT2D eigenvalue weighted by Crippen LogP contribution is -2.10. The third-order valence-corrected chi connectivity index (χ3v) is 2.95. The molecule has 1 heterocycles. The standard InChI is InChI=1S/C16H20O3/c1-10(2)18-15-8-6-5-7-13(15)16(17)14-9-11(3)19-12(14)4/h5-10,16-17H,1-4H3. The monoisotopic (exact) mass is 260 g/mol. The summed E-state index contributed by atoms with van der Waals surface area (Å²) in [5, 5.41) is 10.5. The lowest BCUT2D eigenvalue weighted by molar-refractivity contribution is 0.196. The summed E-state index contributed by atoms with van der Waals surface area (Å²) in [6.07, 6.45) is -0.659. The van der Waals surface area contributed by atoms with E-state index in [2.05, 4.69) is 0 Å². The smallest absolute Gasteiger partial charge is 0.125 e. The summed E-state index contributed by atoms with van der Waals surface area (Å²) in [5.41, 5.74) is 1.55. The molecule has 0 saturated heterocycles. The van der Waals surface area contributed by atoms with Crippen LogP contribution >= 0.6 is 0 Å². The molecule has 102 valence electrons. The van der Waals surface area contributed by atoms with Crippen molar-refractivity contribution < 1.29 is 14.3 Å². The van der Waals surface area contributed by atoms with E-state index in [0.29, 0.717) is 5.75 Å². The molecule has 1 aromatic heterocycles. The molecule has 0 aliphatic rings. The third kappa shape index (κ3) is 2.99. The Bertz CT molecular complexity index is 555. The Morgan fingerprint density at radius 3 is 2.37 bits per heavy atom. The highest BCUT2D eigenvalue weighted by Crippen LogP contribution is 2.33. The van der Waals surface area contributed by atoms with Gasteiger partial charge in [0.05, 0.1) is 6.10 Å². The third-order valence-electron chi connectivity index (χ3n) is 2.95. The predicted octanol–water partition coefficient (Wildman–Crippen LogP) is 3.77. The fourth-order valence-electron chi connectivity index (χ4n) is 2.16. The zero-order valence-corrected chi connectivity index (χ0v) is 11.8. The molecule has 3 heteroatoms. The van der Waals surface area contributed by atoms with Gasteiger partial charge in [-0.1, -0.05) is 18.2 Å². The van der Waals surface area contributed by atoms with Gasteiger partial charge in [-0.05, 0) is 39.8 Å². The molecule has 0 aliphatic carbocycles. The van der Waals surface area contributed by atoms with Gasteiger partial charge in [-0.15, -0.1) is 0 Å². The maximum Gasteiger partial charge on any atom is 0.125 e. The van der Waals surface area contributed by atoms with Gasteiger partial charge in [0.25, 0.3) is 0 Å². The van der Waals surface area contributed by atoms with E-state index >= 15 is 0 Å². The van der Waals surface area contributed by atoms with E-state index < -0.39 is 6.10 Å². The topological polar surface area (TPSA) is 42.6 Å². The number of aliphatic hydroxyl groups excluding tert-OH is 1. The van der Waals surface area contributed by atoms with Crippen LogP contribution < -0.4 is 4.74 Å². The Labute approximate surface area is 113 Å². The predicted molar refractivity (Wildman–Crippen MR) is 74.4 cm³/mol. The highest BCUT2D eigenvalue weighted by atomic mass is 16.5. The molecule has 1 aromatic carbocycles. The van der Waals surface area contributed by atoms with Crippen molar-refractivity contribution in [2.45, 2.75) is 39.9 Å². The first kappa shape index (κ1) is 13.7. The highest BCUT2D eigenvalue weighted by Gasteiger charge is 2.20. The summed E-state index contributed by atoms with van der Waals surface area (Å²) < 4.78 is 11.2. The van der Waals surface area contributed by atoms with Gasteiger partial charge in [-0.25, -0.2) is 0 Å². The number of rotatable bonds is 4. The zero-order chi connectivity index (χ0) is 14.0. The van der Waals surface area contributed by atoms with Crippen LogP contribution in [0, 0.1) is 13.8 Å². The van der Waals surface area contributed by atoms with Crippen LogP contribution in [-0.4, -0.2) is 11.2 Å². The normalized spacial score (nSPS) is 12.7. The molecule has 0 fully saturated rings. The molecule has 0 aliphatic heterocycles. The van der Waals surface area contributed by atoms with Gasteiger partial charge in [0.2, 0.25) is 0 Å². The van der Waals surface area contributed by atoms with Crippen LogP contribution in [0.5, 0.6) is 5.75 Å². The molecule has 0 saturated carbocycles. The minimum Gasteiger partial charge on any atom is -0.491 e. The first-order valence-corrected chi connectivity index (χ1v) is 6.49. The maximum atomic E-state index is 10.5. The Morgan fingerprint density at radius 2 is 1.79 bits per heavy atom. The second-order valence-electron chi connectivity index (χ2n) is 4.98. The van der Waals surface area contributed by atoms with Gasteiger partial charge in [-0.3, -0.25) is 0 Å². The van der Waals surface area contributed by atoms with Crippen LogP contribution in [0.3, 0.4) is 0 Å². The van der Waals surface area contributed by atoms with Crippen molar-refractivity contribution in [2.75, 3.05) is 0 Å².